The molecule has 3 nitrogen and oxygen atoms in total. The predicted molar refractivity (Wildman–Crippen MR) is 70.7 cm³/mol. The Morgan fingerprint density at radius 2 is 2.00 bits per heavy atom. The molecule has 0 unspecified atom stereocenters. The number of thioether (sulfide) groups is 1. The van der Waals surface area contributed by atoms with Gasteiger partial charge in [0.15, 0.2) is 0 Å². The van der Waals surface area contributed by atoms with Gasteiger partial charge in [-0.1, -0.05) is 17.7 Å². The van der Waals surface area contributed by atoms with Gasteiger partial charge < -0.3 is 5.73 Å². The van der Waals surface area contributed by atoms with Crippen molar-refractivity contribution in [2.24, 2.45) is 5.73 Å². The molecular weight excluding hydrogens is 230 g/mol. The largest absolute Gasteiger partial charge is 0.326 e. The van der Waals surface area contributed by atoms with Gasteiger partial charge in [0.05, 0.1) is 5.75 Å². The van der Waals surface area contributed by atoms with Crippen LogP contribution in [0.25, 0.3) is 0 Å². The lowest BCUT2D eigenvalue weighted by Gasteiger charge is -2.02. The van der Waals surface area contributed by atoms with E-state index in [2.05, 4.69) is 41.2 Å². The van der Waals surface area contributed by atoms with Gasteiger partial charge in [-0.15, -0.1) is 11.8 Å². The number of aromatic nitrogens is 2. The first kappa shape index (κ1) is 12.1. The van der Waals surface area contributed by atoms with E-state index in [1.807, 2.05) is 0 Å². The highest BCUT2D eigenvalue weighted by atomic mass is 32.2. The Kier molecular flexibility index (Phi) is 4.12. The molecule has 1 heterocycles. The summed E-state index contributed by atoms with van der Waals surface area (Å²) in [5.74, 6) is 1.63. The Labute approximate surface area is 105 Å². The molecule has 0 atom stereocenters. The van der Waals surface area contributed by atoms with Gasteiger partial charge in [0.25, 0.3) is 0 Å². The molecule has 0 aliphatic carbocycles. The van der Waals surface area contributed by atoms with Crippen LogP contribution < -0.4 is 5.73 Å². The molecule has 0 saturated carbocycles. The highest BCUT2D eigenvalue weighted by molar-refractivity contribution is 7.98. The molecule has 0 amide bonds. The first-order valence-electron chi connectivity index (χ1n) is 5.47. The van der Waals surface area contributed by atoms with Crippen molar-refractivity contribution >= 4 is 11.8 Å². The molecule has 4 heteroatoms. The number of hydrogen-bond donors (Lipinski definition) is 1. The number of nitrogens with two attached hydrogens (primary N) is 1. The van der Waals surface area contributed by atoms with Crippen molar-refractivity contribution in [2.45, 2.75) is 24.1 Å². The van der Waals surface area contributed by atoms with Crippen molar-refractivity contribution in [3.63, 3.8) is 0 Å². The van der Waals surface area contributed by atoms with Crippen molar-refractivity contribution in [1.29, 1.82) is 0 Å². The highest BCUT2D eigenvalue weighted by Gasteiger charge is 1.99. The summed E-state index contributed by atoms with van der Waals surface area (Å²) in [6, 6.07) is 8.43. The molecule has 2 N–H and O–H groups in total. The lowest BCUT2D eigenvalue weighted by atomic mass is 10.2. The Bertz CT molecular complexity index is 482. The van der Waals surface area contributed by atoms with E-state index in [0.717, 1.165) is 17.1 Å². The van der Waals surface area contributed by atoms with Crippen LogP contribution in [0, 0.1) is 6.92 Å². The summed E-state index contributed by atoms with van der Waals surface area (Å²) in [5, 5.41) is 0. The normalized spacial score (nSPS) is 10.5. The van der Waals surface area contributed by atoms with Gasteiger partial charge in [0.1, 0.15) is 5.82 Å². The first-order valence-corrected chi connectivity index (χ1v) is 6.46. The maximum atomic E-state index is 5.50. The maximum absolute atomic E-state index is 5.50. The third kappa shape index (κ3) is 3.54. The summed E-state index contributed by atoms with van der Waals surface area (Å²) in [4.78, 5) is 9.80. The Morgan fingerprint density at radius 3 is 2.65 bits per heavy atom. The molecule has 0 aliphatic rings. The van der Waals surface area contributed by atoms with E-state index in [-0.39, 0.29) is 0 Å². The van der Waals surface area contributed by atoms with E-state index >= 15 is 0 Å². The summed E-state index contributed by atoms with van der Waals surface area (Å²) >= 11 is 1.74. The third-order valence-corrected chi connectivity index (χ3v) is 3.34. The van der Waals surface area contributed by atoms with E-state index in [1.54, 1.807) is 24.2 Å². The Morgan fingerprint density at radius 1 is 1.24 bits per heavy atom. The van der Waals surface area contributed by atoms with Crippen LogP contribution in [0.4, 0.5) is 0 Å². The number of rotatable bonds is 4. The van der Waals surface area contributed by atoms with Crippen molar-refractivity contribution in [1.82, 2.24) is 9.97 Å². The van der Waals surface area contributed by atoms with E-state index in [0.29, 0.717) is 6.54 Å². The second-order valence-electron chi connectivity index (χ2n) is 3.82. The van der Waals surface area contributed by atoms with E-state index in [1.165, 1.54) is 10.5 Å². The second kappa shape index (κ2) is 5.80. The van der Waals surface area contributed by atoms with Crippen molar-refractivity contribution < 1.29 is 0 Å². The molecule has 1 aromatic heterocycles. The van der Waals surface area contributed by atoms with Crippen LogP contribution >= 0.6 is 11.8 Å². The minimum atomic E-state index is 0.491. The van der Waals surface area contributed by atoms with Gasteiger partial charge in [-0.05, 0) is 19.1 Å². The second-order valence-corrected chi connectivity index (χ2v) is 4.87. The minimum Gasteiger partial charge on any atom is -0.326 e. The van der Waals surface area contributed by atoms with Gasteiger partial charge >= 0.3 is 0 Å². The fraction of sp³-hybridized carbons (Fsp3) is 0.231. The minimum absolute atomic E-state index is 0.491. The summed E-state index contributed by atoms with van der Waals surface area (Å²) in [6.45, 7) is 2.59. The zero-order valence-corrected chi connectivity index (χ0v) is 10.6. The van der Waals surface area contributed by atoms with E-state index < -0.39 is 0 Å². The number of aryl methyl sites for hydroxylation is 1. The highest BCUT2D eigenvalue weighted by Crippen LogP contribution is 2.21. The average Bonchev–Trinajstić information content (AvgIpc) is 2.37. The van der Waals surface area contributed by atoms with Gasteiger partial charge in [0.2, 0.25) is 0 Å². The van der Waals surface area contributed by atoms with Crippen molar-refractivity contribution in [3.05, 3.63) is 53.6 Å². The molecule has 1 aromatic carbocycles. The maximum Gasteiger partial charge on any atom is 0.138 e. The monoisotopic (exact) mass is 245 g/mol. The molecule has 0 spiro atoms. The molecule has 0 radical (unpaired) electrons. The van der Waals surface area contributed by atoms with Gasteiger partial charge in [-0.3, -0.25) is 0 Å². The Hall–Kier alpha value is -1.39. The van der Waals surface area contributed by atoms with Crippen LogP contribution in [0.3, 0.4) is 0 Å². The van der Waals surface area contributed by atoms with Gasteiger partial charge in [-0.2, -0.15) is 0 Å². The number of benzene rings is 1. The molecular formula is C13H15N3S. The van der Waals surface area contributed by atoms with Crippen LogP contribution in [0.1, 0.15) is 17.0 Å². The molecule has 0 fully saturated rings. The lowest BCUT2D eigenvalue weighted by molar-refractivity contribution is 0.960. The smallest absolute Gasteiger partial charge is 0.138 e. The van der Waals surface area contributed by atoms with Crippen LogP contribution in [-0.2, 0) is 12.3 Å². The molecule has 0 saturated heterocycles. The summed E-state index contributed by atoms with van der Waals surface area (Å²) < 4.78 is 0. The van der Waals surface area contributed by atoms with E-state index in [9.17, 15) is 0 Å². The van der Waals surface area contributed by atoms with E-state index in [4.69, 9.17) is 5.73 Å². The third-order valence-electron chi connectivity index (χ3n) is 2.35. The van der Waals surface area contributed by atoms with Gasteiger partial charge in [0, 0.05) is 29.4 Å². The van der Waals surface area contributed by atoms with Crippen LogP contribution in [0.5, 0.6) is 0 Å². The fourth-order valence-electron chi connectivity index (χ4n) is 1.41. The molecule has 0 aliphatic heterocycles. The standard InChI is InChI=1S/C13H15N3S/c1-10-3-2-4-12(5-10)17-9-13-15-7-11(6-14)8-16-13/h2-5,7-8H,6,9,14H2,1H3. The lowest BCUT2D eigenvalue weighted by Crippen LogP contribution is -2.00. The van der Waals surface area contributed by atoms with Crippen molar-refractivity contribution in [2.75, 3.05) is 0 Å². The summed E-state index contributed by atoms with van der Waals surface area (Å²) in [6.07, 6.45) is 3.58. The molecule has 17 heavy (non-hydrogen) atoms. The van der Waals surface area contributed by atoms with Crippen LogP contribution in [0.2, 0.25) is 0 Å². The quantitative estimate of drug-likeness (QED) is 0.841. The number of hydrogen-bond acceptors (Lipinski definition) is 4. The zero-order chi connectivity index (χ0) is 12.1. The molecule has 2 rings (SSSR count). The SMILES string of the molecule is Cc1cccc(SCc2ncc(CN)cn2)c1. The molecule has 0 bridgehead atoms. The number of nitrogens with zero attached hydrogens (tertiary/aromatic N) is 2. The average molecular weight is 245 g/mol. The van der Waals surface area contributed by atoms with Crippen LogP contribution in [-0.4, -0.2) is 9.97 Å². The zero-order valence-electron chi connectivity index (χ0n) is 9.76. The predicted octanol–water partition coefficient (Wildman–Crippen LogP) is 2.54. The van der Waals surface area contributed by atoms with Gasteiger partial charge in [-0.25, -0.2) is 9.97 Å². The van der Waals surface area contributed by atoms with Crippen molar-refractivity contribution in [3.8, 4) is 0 Å². The summed E-state index contributed by atoms with van der Waals surface area (Å²) in [7, 11) is 0. The Balaban J connectivity index is 1.97. The molecule has 88 valence electrons. The fourth-order valence-corrected chi connectivity index (χ4v) is 2.30. The molecule has 2 aromatic rings. The topological polar surface area (TPSA) is 51.8 Å². The summed E-state index contributed by atoms with van der Waals surface area (Å²) in [5.41, 5.74) is 7.74. The first-order chi connectivity index (χ1) is 8.28. The van der Waals surface area contributed by atoms with Crippen LogP contribution in [0.15, 0.2) is 41.6 Å².